The molecule has 2 aromatic rings. The van der Waals surface area contributed by atoms with Crippen molar-refractivity contribution < 1.29 is 19.1 Å². The van der Waals surface area contributed by atoms with Crippen LogP contribution in [0.2, 0.25) is 10.0 Å². The van der Waals surface area contributed by atoms with E-state index in [1.165, 1.54) is 4.90 Å². The lowest BCUT2D eigenvalue weighted by molar-refractivity contribution is -0.139. The van der Waals surface area contributed by atoms with Gasteiger partial charge in [0.05, 0.1) is 34.0 Å². The Morgan fingerprint density at radius 3 is 2.56 bits per heavy atom. The van der Waals surface area contributed by atoms with Crippen molar-refractivity contribution in [3.8, 4) is 0 Å². The first kappa shape index (κ1) is 25.4. The molecule has 0 unspecified atom stereocenters. The van der Waals surface area contributed by atoms with Gasteiger partial charge in [-0.25, -0.2) is 14.4 Å². The zero-order valence-electron chi connectivity index (χ0n) is 19.1. The van der Waals surface area contributed by atoms with E-state index < -0.39 is 18.0 Å². The second-order valence-electron chi connectivity index (χ2n) is 7.56. The first-order chi connectivity index (χ1) is 16.3. The van der Waals surface area contributed by atoms with Gasteiger partial charge in [0.25, 0.3) is 0 Å². The van der Waals surface area contributed by atoms with Crippen molar-refractivity contribution in [2.75, 3.05) is 23.8 Å². The number of amides is 4. The van der Waals surface area contributed by atoms with E-state index in [0.29, 0.717) is 39.8 Å². The van der Waals surface area contributed by atoms with Crippen LogP contribution in [0, 0.1) is 0 Å². The highest BCUT2D eigenvalue weighted by atomic mass is 35.5. The number of hydrogen-bond acceptors (Lipinski definition) is 4. The quantitative estimate of drug-likeness (QED) is 0.405. The first-order valence-corrected chi connectivity index (χ1v) is 11.6. The van der Waals surface area contributed by atoms with Crippen LogP contribution in [0.3, 0.4) is 0 Å². The summed E-state index contributed by atoms with van der Waals surface area (Å²) in [6.45, 7) is 6.09. The summed E-state index contributed by atoms with van der Waals surface area (Å²) in [4.78, 5) is 39.6. The van der Waals surface area contributed by atoms with Gasteiger partial charge in [-0.05, 0) is 50.1 Å². The molecule has 3 rings (SSSR count). The second kappa shape index (κ2) is 11.3. The third-order valence-corrected chi connectivity index (χ3v) is 6.04. The molecule has 2 aromatic carbocycles. The molecule has 34 heavy (non-hydrogen) atoms. The predicted molar refractivity (Wildman–Crippen MR) is 133 cm³/mol. The molecule has 0 aromatic heterocycles. The van der Waals surface area contributed by atoms with Crippen LogP contribution in [0.25, 0.3) is 0 Å². The van der Waals surface area contributed by atoms with Crippen LogP contribution in [0.1, 0.15) is 38.8 Å². The normalized spacial score (nSPS) is 15.6. The van der Waals surface area contributed by atoms with Crippen LogP contribution in [0.5, 0.6) is 0 Å². The average molecular weight is 505 g/mol. The summed E-state index contributed by atoms with van der Waals surface area (Å²) in [5.74, 6) is -0.502. The van der Waals surface area contributed by atoms with Gasteiger partial charge in [-0.3, -0.25) is 4.90 Å². The topological polar surface area (TPSA) is 99.8 Å². The summed E-state index contributed by atoms with van der Waals surface area (Å²) in [7, 11) is 0. The fourth-order valence-electron chi connectivity index (χ4n) is 3.68. The van der Waals surface area contributed by atoms with Crippen molar-refractivity contribution in [1.29, 1.82) is 0 Å². The van der Waals surface area contributed by atoms with Crippen LogP contribution >= 0.6 is 23.2 Å². The lowest BCUT2D eigenvalue weighted by Gasteiger charge is -2.35. The molecule has 3 N–H and O–H groups in total. The van der Waals surface area contributed by atoms with E-state index in [-0.39, 0.29) is 17.7 Å². The minimum atomic E-state index is -0.730. The summed E-state index contributed by atoms with van der Waals surface area (Å²) < 4.78 is 5.27. The highest BCUT2D eigenvalue weighted by Crippen LogP contribution is 2.33. The highest BCUT2D eigenvalue weighted by molar-refractivity contribution is 6.44. The van der Waals surface area contributed by atoms with Gasteiger partial charge >= 0.3 is 18.0 Å². The molecule has 0 aliphatic carbocycles. The summed E-state index contributed by atoms with van der Waals surface area (Å²) in [5.41, 5.74) is 2.33. The lowest BCUT2D eigenvalue weighted by atomic mass is 9.94. The number of ether oxygens (including phenoxy) is 1. The minimum absolute atomic E-state index is 0.206. The Morgan fingerprint density at radius 2 is 1.85 bits per heavy atom. The summed E-state index contributed by atoms with van der Waals surface area (Å²) in [5, 5.41) is 8.82. The monoisotopic (exact) mass is 504 g/mol. The summed E-state index contributed by atoms with van der Waals surface area (Å²) in [6.07, 6.45) is 0.733. The van der Waals surface area contributed by atoms with Gasteiger partial charge in [-0.15, -0.1) is 0 Å². The van der Waals surface area contributed by atoms with Crippen LogP contribution < -0.4 is 16.0 Å². The standard InChI is InChI=1S/C24H26Cl2N4O4/c1-4-12-30-14(3)19(22(31)34-5-2)21(29-24(30)33)15-8-6-9-16(13-15)27-23(32)28-18-11-7-10-17(25)20(18)26/h6-11,13,21H,4-5,12H2,1-3H3,(H,29,33)(H2,27,28,32)/t21-/m1/s1. The molecule has 0 saturated heterocycles. The smallest absolute Gasteiger partial charge is 0.338 e. The SMILES string of the molecule is CCCN1C(=O)N[C@H](c2cccc(NC(=O)Nc3cccc(Cl)c3Cl)c2)C(C(=O)OCC)=C1C. The number of anilines is 2. The molecule has 180 valence electrons. The predicted octanol–water partition coefficient (Wildman–Crippen LogP) is 5.95. The van der Waals surface area contributed by atoms with Gasteiger partial charge in [0.2, 0.25) is 0 Å². The number of carbonyl (C=O) groups is 3. The highest BCUT2D eigenvalue weighted by Gasteiger charge is 2.36. The van der Waals surface area contributed by atoms with E-state index in [2.05, 4.69) is 16.0 Å². The third-order valence-electron chi connectivity index (χ3n) is 5.22. The molecule has 0 saturated carbocycles. The van der Waals surface area contributed by atoms with Crippen molar-refractivity contribution in [1.82, 2.24) is 10.2 Å². The van der Waals surface area contributed by atoms with E-state index in [1.54, 1.807) is 56.3 Å². The summed E-state index contributed by atoms with van der Waals surface area (Å²) in [6, 6.07) is 10.2. The summed E-state index contributed by atoms with van der Waals surface area (Å²) >= 11 is 12.1. The van der Waals surface area contributed by atoms with Crippen molar-refractivity contribution in [2.45, 2.75) is 33.2 Å². The van der Waals surface area contributed by atoms with Gasteiger partial charge in [0, 0.05) is 17.9 Å². The van der Waals surface area contributed by atoms with Crippen molar-refractivity contribution in [3.05, 3.63) is 69.3 Å². The molecule has 0 radical (unpaired) electrons. The molecule has 1 aliphatic heterocycles. The maximum Gasteiger partial charge on any atom is 0.338 e. The van der Waals surface area contributed by atoms with E-state index in [4.69, 9.17) is 27.9 Å². The molecule has 10 heteroatoms. The number of benzene rings is 2. The number of carbonyl (C=O) groups excluding carboxylic acids is 3. The van der Waals surface area contributed by atoms with Gasteiger partial charge < -0.3 is 20.7 Å². The molecule has 8 nitrogen and oxygen atoms in total. The Morgan fingerprint density at radius 1 is 1.12 bits per heavy atom. The van der Waals surface area contributed by atoms with E-state index in [9.17, 15) is 14.4 Å². The fourth-order valence-corrected chi connectivity index (χ4v) is 4.03. The maximum absolute atomic E-state index is 12.8. The number of urea groups is 2. The van der Waals surface area contributed by atoms with E-state index in [0.717, 1.165) is 6.42 Å². The van der Waals surface area contributed by atoms with Gasteiger partial charge in [-0.2, -0.15) is 0 Å². The number of rotatable bonds is 7. The number of nitrogens with zero attached hydrogens (tertiary/aromatic N) is 1. The van der Waals surface area contributed by atoms with Crippen molar-refractivity contribution in [2.24, 2.45) is 0 Å². The minimum Gasteiger partial charge on any atom is -0.463 e. The second-order valence-corrected chi connectivity index (χ2v) is 8.34. The Kier molecular flexibility index (Phi) is 8.41. The first-order valence-electron chi connectivity index (χ1n) is 10.8. The zero-order valence-corrected chi connectivity index (χ0v) is 20.6. The van der Waals surface area contributed by atoms with Gasteiger partial charge in [0.1, 0.15) is 0 Å². The molecule has 4 amide bonds. The Hall–Kier alpha value is -3.23. The molecular formula is C24H26Cl2N4O4. The van der Waals surface area contributed by atoms with Gasteiger partial charge in [0.15, 0.2) is 0 Å². The number of esters is 1. The third kappa shape index (κ3) is 5.63. The molecule has 0 bridgehead atoms. The Bertz CT molecular complexity index is 1140. The number of nitrogens with one attached hydrogen (secondary N) is 3. The fraction of sp³-hybridized carbons (Fsp3) is 0.292. The molecule has 1 heterocycles. The number of halogens is 2. The molecular weight excluding hydrogens is 479 g/mol. The van der Waals surface area contributed by atoms with Crippen molar-refractivity contribution in [3.63, 3.8) is 0 Å². The zero-order chi connectivity index (χ0) is 24.8. The van der Waals surface area contributed by atoms with Crippen LogP contribution in [0.4, 0.5) is 21.0 Å². The Balaban J connectivity index is 1.87. The molecule has 1 atom stereocenters. The lowest BCUT2D eigenvalue weighted by Crippen LogP contribution is -2.48. The average Bonchev–Trinajstić information content (AvgIpc) is 2.79. The van der Waals surface area contributed by atoms with Gasteiger partial charge in [-0.1, -0.05) is 48.3 Å². The van der Waals surface area contributed by atoms with E-state index >= 15 is 0 Å². The molecule has 0 fully saturated rings. The Labute approximate surface area is 208 Å². The molecule has 1 aliphatic rings. The van der Waals surface area contributed by atoms with Crippen LogP contribution in [-0.2, 0) is 9.53 Å². The number of allylic oxidation sites excluding steroid dienone is 1. The largest absolute Gasteiger partial charge is 0.463 e. The number of hydrogen-bond donors (Lipinski definition) is 3. The van der Waals surface area contributed by atoms with E-state index in [1.807, 2.05) is 6.92 Å². The maximum atomic E-state index is 12.8. The van der Waals surface area contributed by atoms with Crippen LogP contribution in [-0.4, -0.2) is 36.1 Å². The molecule has 0 spiro atoms. The van der Waals surface area contributed by atoms with Crippen LogP contribution in [0.15, 0.2) is 53.7 Å². The van der Waals surface area contributed by atoms with Crippen molar-refractivity contribution >= 4 is 52.6 Å².